The average molecular weight is 393 g/mol. The Hall–Kier alpha value is -3.81. The van der Waals surface area contributed by atoms with Gasteiger partial charge in [-0.3, -0.25) is 19.4 Å². The van der Waals surface area contributed by atoms with E-state index in [1.807, 2.05) is 6.07 Å². The molecule has 8 heteroatoms. The maximum absolute atomic E-state index is 14.1. The molecular weight excluding hydrogens is 377 g/mol. The van der Waals surface area contributed by atoms with Crippen molar-refractivity contribution in [3.05, 3.63) is 72.2 Å². The summed E-state index contributed by atoms with van der Waals surface area (Å²) in [4.78, 5) is 42.4. The average Bonchev–Trinajstić information content (AvgIpc) is 3.04. The number of hydrogen-bond donors (Lipinski definition) is 2. The number of carboxylic acids is 1. The molecule has 1 aliphatic rings. The molecule has 0 spiro atoms. The summed E-state index contributed by atoms with van der Waals surface area (Å²) in [6.07, 6.45) is 1.36. The van der Waals surface area contributed by atoms with Gasteiger partial charge in [0.15, 0.2) is 0 Å². The summed E-state index contributed by atoms with van der Waals surface area (Å²) in [6.45, 7) is -0.240. The van der Waals surface area contributed by atoms with Crippen LogP contribution >= 0.6 is 0 Å². The molecule has 2 heterocycles. The van der Waals surface area contributed by atoms with Gasteiger partial charge in [0.1, 0.15) is 17.8 Å². The summed E-state index contributed by atoms with van der Waals surface area (Å²) >= 11 is 0. The Bertz CT molecular complexity index is 1130. The summed E-state index contributed by atoms with van der Waals surface area (Å²) < 4.78 is 14.1. The number of pyridine rings is 1. The molecule has 3 aromatic rings. The smallest absolute Gasteiger partial charge is 0.310 e. The Morgan fingerprint density at radius 1 is 1.14 bits per heavy atom. The quantitative estimate of drug-likeness (QED) is 0.708. The van der Waals surface area contributed by atoms with Crippen molar-refractivity contribution < 1.29 is 23.9 Å². The Morgan fingerprint density at radius 3 is 2.62 bits per heavy atom. The van der Waals surface area contributed by atoms with Crippen LogP contribution in [0, 0.1) is 11.7 Å². The molecule has 0 saturated carbocycles. The van der Waals surface area contributed by atoms with Crippen LogP contribution in [0.25, 0.3) is 10.9 Å². The van der Waals surface area contributed by atoms with Gasteiger partial charge in [-0.05, 0) is 24.3 Å². The highest BCUT2D eigenvalue weighted by Crippen LogP contribution is 2.28. The monoisotopic (exact) mass is 393 g/mol. The number of aliphatic carboxylic acids is 1. The Balaban J connectivity index is 1.61. The van der Waals surface area contributed by atoms with Crippen molar-refractivity contribution in [2.24, 2.45) is 5.92 Å². The zero-order chi connectivity index (χ0) is 20.5. The van der Waals surface area contributed by atoms with Crippen LogP contribution in [0.2, 0.25) is 0 Å². The highest BCUT2D eigenvalue weighted by molar-refractivity contribution is 6.07. The molecule has 0 bridgehead atoms. The number of carbonyl (C=O) groups is 3. The van der Waals surface area contributed by atoms with Crippen molar-refractivity contribution in [3.63, 3.8) is 0 Å². The number of nitrogens with zero attached hydrogens (tertiary/aromatic N) is 2. The summed E-state index contributed by atoms with van der Waals surface area (Å²) in [5, 5.41) is 12.7. The fraction of sp³-hybridized carbons (Fsp3) is 0.143. The molecule has 146 valence electrons. The Labute approximate surface area is 164 Å². The maximum atomic E-state index is 14.1. The molecule has 1 saturated heterocycles. The number of amides is 2. The number of para-hydroxylation sites is 2. The summed E-state index contributed by atoms with van der Waals surface area (Å²) in [5.74, 6) is -4.40. The number of benzene rings is 2. The van der Waals surface area contributed by atoms with Crippen LogP contribution in [-0.2, 0) is 9.59 Å². The first-order valence-corrected chi connectivity index (χ1v) is 8.90. The van der Waals surface area contributed by atoms with Gasteiger partial charge in [0, 0.05) is 18.1 Å². The lowest BCUT2D eigenvalue weighted by Gasteiger charge is -2.17. The molecule has 1 aromatic heterocycles. The third-order valence-electron chi connectivity index (χ3n) is 4.91. The molecule has 2 atom stereocenters. The third kappa shape index (κ3) is 3.40. The number of carbonyl (C=O) groups excluding carboxylic acids is 2. The summed E-state index contributed by atoms with van der Waals surface area (Å²) in [7, 11) is 0. The van der Waals surface area contributed by atoms with Crippen molar-refractivity contribution in [1.82, 2.24) is 10.3 Å². The van der Waals surface area contributed by atoms with E-state index in [1.165, 1.54) is 24.4 Å². The van der Waals surface area contributed by atoms with Crippen molar-refractivity contribution in [1.29, 1.82) is 0 Å². The van der Waals surface area contributed by atoms with Crippen molar-refractivity contribution in [2.75, 3.05) is 11.4 Å². The lowest BCUT2D eigenvalue weighted by molar-refractivity contribution is -0.142. The minimum atomic E-state index is -1.31. The van der Waals surface area contributed by atoms with Gasteiger partial charge in [-0.1, -0.05) is 30.3 Å². The zero-order valence-electron chi connectivity index (χ0n) is 15.1. The number of nitrogens with one attached hydrogen (secondary N) is 1. The van der Waals surface area contributed by atoms with E-state index in [2.05, 4.69) is 10.3 Å². The molecule has 1 aliphatic heterocycles. The lowest BCUT2D eigenvalue weighted by Crippen LogP contribution is -2.46. The fourth-order valence-corrected chi connectivity index (χ4v) is 3.42. The van der Waals surface area contributed by atoms with Gasteiger partial charge < -0.3 is 15.3 Å². The van der Waals surface area contributed by atoms with E-state index >= 15 is 0 Å². The Kier molecular flexibility index (Phi) is 4.67. The fourth-order valence-electron chi connectivity index (χ4n) is 3.42. The number of hydrogen-bond acceptors (Lipinski definition) is 4. The zero-order valence-corrected chi connectivity index (χ0v) is 15.1. The van der Waals surface area contributed by atoms with Gasteiger partial charge in [-0.15, -0.1) is 0 Å². The summed E-state index contributed by atoms with van der Waals surface area (Å²) in [6, 6.07) is 13.1. The first-order valence-electron chi connectivity index (χ1n) is 8.90. The first kappa shape index (κ1) is 18.5. The van der Waals surface area contributed by atoms with Gasteiger partial charge in [0.2, 0.25) is 0 Å². The second-order valence-corrected chi connectivity index (χ2v) is 6.71. The number of fused-ring (bicyclic) bond motifs is 1. The van der Waals surface area contributed by atoms with E-state index in [4.69, 9.17) is 0 Å². The lowest BCUT2D eigenvalue weighted by atomic mass is 10.0. The van der Waals surface area contributed by atoms with Crippen LogP contribution < -0.4 is 10.2 Å². The number of halogens is 1. The standard InChI is InChI=1S/C21H16FN3O4/c22-15-6-2-4-8-17(15)25-11-14(21(28)29)18(20(25)27)24-19(26)13-9-12-5-1-3-7-16(12)23-10-13/h1-10,14,18H,11H2,(H,24,26)(H,28,29)/t14-,18-/m0/s1. The molecular formula is C21H16FN3O4. The molecule has 7 nitrogen and oxygen atoms in total. The van der Waals surface area contributed by atoms with Crippen molar-refractivity contribution >= 4 is 34.4 Å². The second kappa shape index (κ2) is 7.31. The maximum Gasteiger partial charge on any atom is 0.310 e. The van der Waals surface area contributed by atoms with Gasteiger partial charge in [0.25, 0.3) is 11.8 Å². The van der Waals surface area contributed by atoms with Crippen LogP contribution in [0.3, 0.4) is 0 Å². The number of aromatic nitrogens is 1. The SMILES string of the molecule is O=C(N[C@@H]1C(=O)N(c2ccccc2F)C[C@@H]1C(=O)O)c1cnc2ccccc2c1. The van der Waals surface area contributed by atoms with Crippen molar-refractivity contribution in [3.8, 4) is 0 Å². The van der Waals surface area contributed by atoms with E-state index in [-0.39, 0.29) is 17.8 Å². The van der Waals surface area contributed by atoms with Gasteiger partial charge in [-0.2, -0.15) is 0 Å². The van der Waals surface area contributed by atoms with Crippen LogP contribution in [-0.4, -0.2) is 40.5 Å². The van der Waals surface area contributed by atoms with Gasteiger partial charge >= 0.3 is 5.97 Å². The van der Waals surface area contributed by atoms with Crippen LogP contribution in [0.15, 0.2) is 60.8 Å². The molecule has 29 heavy (non-hydrogen) atoms. The number of carboxylic acid groups (broad SMARTS) is 1. The third-order valence-corrected chi connectivity index (χ3v) is 4.91. The second-order valence-electron chi connectivity index (χ2n) is 6.71. The van der Waals surface area contributed by atoms with Crippen molar-refractivity contribution in [2.45, 2.75) is 6.04 Å². The van der Waals surface area contributed by atoms with Crippen LogP contribution in [0.5, 0.6) is 0 Å². The van der Waals surface area contributed by atoms with Gasteiger partial charge in [-0.25, -0.2) is 4.39 Å². The van der Waals surface area contributed by atoms with E-state index in [0.717, 1.165) is 10.3 Å². The van der Waals surface area contributed by atoms with E-state index in [0.29, 0.717) is 5.52 Å². The number of anilines is 1. The van der Waals surface area contributed by atoms with E-state index in [1.54, 1.807) is 30.3 Å². The van der Waals surface area contributed by atoms with Crippen LogP contribution in [0.4, 0.5) is 10.1 Å². The normalized spacial score (nSPS) is 18.8. The highest BCUT2D eigenvalue weighted by Gasteiger charge is 2.46. The molecule has 0 unspecified atom stereocenters. The molecule has 2 aromatic carbocycles. The predicted octanol–water partition coefficient (Wildman–Crippen LogP) is 2.22. The molecule has 4 rings (SSSR count). The minimum Gasteiger partial charge on any atom is -0.481 e. The number of rotatable bonds is 4. The Morgan fingerprint density at radius 2 is 1.86 bits per heavy atom. The largest absolute Gasteiger partial charge is 0.481 e. The first-order chi connectivity index (χ1) is 14.0. The molecule has 0 radical (unpaired) electrons. The van der Waals surface area contributed by atoms with Gasteiger partial charge in [0.05, 0.1) is 16.8 Å². The minimum absolute atomic E-state index is 0.0205. The van der Waals surface area contributed by atoms with E-state index in [9.17, 15) is 23.9 Å². The topological polar surface area (TPSA) is 99.6 Å². The molecule has 2 N–H and O–H groups in total. The molecule has 0 aliphatic carbocycles. The van der Waals surface area contributed by atoms with E-state index < -0.39 is 35.6 Å². The molecule has 1 fully saturated rings. The molecule has 2 amide bonds. The highest BCUT2D eigenvalue weighted by atomic mass is 19.1. The summed E-state index contributed by atoms with van der Waals surface area (Å²) in [5.41, 5.74) is 0.882. The predicted molar refractivity (Wildman–Crippen MR) is 103 cm³/mol. The van der Waals surface area contributed by atoms with Crippen LogP contribution in [0.1, 0.15) is 10.4 Å².